The number of nitrogens with two attached hydrogens (primary N) is 1. The first-order valence-electron chi connectivity index (χ1n) is 12.4. The first kappa shape index (κ1) is 24.2. The van der Waals surface area contributed by atoms with E-state index in [1.54, 1.807) is 4.68 Å². The van der Waals surface area contributed by atoms with Crippen molar-refractivity contribution in [2.24, 2.45) is 12.8 Å². The van der Waals surface area contributed by atoms with Crippen LogP contribution in [-0.4, -0.2) is 57.5 Å². The van der Waals surface area contributed by atoms with Crippen LogP contribution in [0.3, 0.4) is 0 Å². The van der Waals surface area contributed by atoms with Crippen molar-refractivity contribution >= 4 is 34.2 Å². The van der Waals surface area contributed by atoms with Gasteiger partial charge in [0.25, 0.3) is 0 Å². The number of nitrogens with one attached hydrogen (secondary N) is 2. The van der Waals surface area contributed by atoms with E-state index in [1.807, 2.05) is 13.2 Å². The van der Waals surface area contributed by atoms with Crippen LogP contribution >= 0.6 is 0 Å². The lowest BCUT2D eigenvalue weighted by Crippen LogP contribution is -2.33. The van der Waals surface area contributed by atoms with Crippen molar-refractivity contribution in [2.45, 2.75) is 26.8 Å². The Hall–Kier alpha value is -3.53. The van der Waals surface area contributed by atoms with Crippen LogP contribution in [0.1, 0.15) is 22.3 Å². The first-order chi connectivity index (χ1) is 17.5. The van der Waals surface area contributed by atoms with E-state index in [9.17, 15) is 0 Å². The van der Waals surface area contributed by atoms with Crippen molar-refractivity contribution in [3.63, 3.8) is 0 Å². The van der Waals surface area contributed by atoms with Crippen LogP contribution in [-0.2, 0) is 24.8 Å². The van der Waals surface area contributed by atoms with Gasteiger partial charge in [0, 0.05) is 50.8 Å². The van der Waals surface area contributed by atoms with Gasteiger partial charge in [0.05, 0.1) is 18.6 Å². The molecule has 3 heterocycles. The highest BCUT2D eigenvalue weighted by Crippen LogP contribution is 2.29. The number of ether oxygens (including phenoxy) is 1. The Morgan fingerprint density at radius 3 is 2.69 bits per heavy atom. The number of nitrogens with zero attached hydrogens (tertiary/aromatic N) is 5. The molecule has 36 heavy (non-hydrogen) atoms. The molecule has 0 saturated carbocycles. The van der Waals surface area contributed by atoms with Crippen molar-refractivity contribution in [1.82, 2.24) is 24.6 Å². The summed E-state index contributed by atoms with van der Waals surface area (Å²) in [7, 11) is 1.90. The molecule has 0 bridgehead atoms. The maximum Gasteiger partial charge on any atom is 0.229 e. The van der Waals surface area contributed by atoms with Crippen molar-refractivity contribution in [2.75, 3.05) is 43.5 Å². The number of hydrogen-bond donors (Lipinski definition) is 3. The zero-order chi connectivity index (χ0) is 25.1. The average Bonchev–Trinajstić information content (AvgIpc) is 3.18. The molecule has 0 unspecified atom stereocenters. The molecule has 0 aliphatic carbocycles. The van der Waals surface area contributed by atoms with Crippen LogP contribution in [0.5, 0.6) is 0 Å². The van der Waals surface area contributed by atoms with Crippen LogP contribution in [0.2, 0.25) is 0 Å². The molecule has 0 spiro atoms. The second-order valence-electron chi connectivity index (χ2n) is 9.33. The largest absolute Gasteiger partial charge is 0.379 e. The molecule has 9 heteroatoms. The summed E-state index contributed by atoms with van der Waals surface area (Å²) in [5.74, 6) is 1.30. The molecule has 188 valence electrons. The Morgan fingerprint density at radius 1 is 1.06 bits per heavy atom. The van der Waals surface area contributed by atoms with Crippen LogP contribution in [0, 0.1) is 13.8 Å². The number of benzene rings is 2. The third-order valence-electron chi connectivity index (χ3n) is 6.67. The molecule has 5 rings (SSSR count). The van der Waals surface area contributed by atoms with Crippen LogP contribution in [0.4, 0.5) is 23.1 Å². The van der Waals surface area contributed by atoms with E-state index in [4.69, 9.17) is 15.5 Å². The molecule has 0 fully saturated rings. The fourth-order valence-corrected chi connectivity index (χ4v) is 4.71. The van der Waals surface area contributed by atoms with Gasteiger partial charge in [-0.2, -0.15) is 10.1 Å². The summed E-state index contributed by atoms with van der Waals surface area (Å²) in [5, 5.41) is 12.4. The maximum atomic E-state index is 5.56. The monoisotopic (exact) mass is 486 g/mol. The minimum absolute atomic E-state index is 0.548. The molecule has 0 saturated heterocycles. The number of rotatable bonds is 9. The summed E-state index contributed by atoms with van der Waals surface area (Å²) in [6.45, 7) is 8.94. The summed E-state index contributed by atoms with van der Waals surface area (Å²) >= 11 is 0. The van der Waals surface area contributed by atoms with E-state index in [0.29, 0.717) is 25.7 Å². The predicted octanol–water partition coefficient (Wildman–Crippen LogP) is 3.80. The molecule has 1 aliphatic rings. The lowest BCUT2D eigenvalue weighted by molar-refractivity contribution is 0.104. The molecule has 4 aromatic rings. The third kappa shape index (κ3) is 5.18. The molecule has 0 atom stereocenters. The van der Waals surface area contributed by atoms with Crippen LogP contribution < -0.4 is 16.4 Å². The summed E-state index contributed by atoms with van der Waals surface area (Å²) in [4.78, 5) is 11.8. The topological polar surface area (TPSA) is 106 Å². The normalized spacial score (nSPS) is 13.7. The van der Waals surface area contributed by atoms with Gasteiger partial charge in [-0.25, -0.2) is 9.67 Å². The first-order valence-corrected chi connectivity index (χ1v) is 12.4. The average molecular weight is 487 g/mol. The van der Waals surface area contributed by atoms with Gasteiger partial charge >= 0.3 is 0 Å². The third-order valence-corrected chi connectivity index (χ3v) is 6.67. The SMILES string of the molecule is Cc1cccc(C)c1Nc1nn(C)c2nc(Nc3ccc4c(c3)CN(CCOCCN)CC4)ncc12. The lowest BCUT2D eigenvalue weighted by atomic mass is 9.99. The molecule has 4 N–H and O–H groups in total. The Morgan fingerprint density at radius 2 is 1.89 bits per heavy atom. The highest BCUT2D eigenvalue weighted by molar-refractivity contribution is 5.90. The highest BCUT2D eigenvalue weighted by atomic mass is 16.5. The van der Waals surface area contributed by atoms with E-state index < -0.39 is 0 Å². The van der Waals surface area contributed by atoms with Gasteiger partial charge in [-0.15, -0.1) is 0 Å². The van der Waals surface area contributed by atoms with E-state index in [0.717, 1.165) is 54.3 Å². The van der Waals surface area contributed by atoms with Gasteiger partial charge in [0.15, 0.2) is 11.5 Å². The molecule has 0 radical (unpaired) electrons. The van der Waals surface area contributed by atoms with E-state index in [1.165, 1.54) is 22.3 Å². The number of anilines is 4. The fraction of sp³-hybridized carbons (Fsp3) is 0.370. The van der Waals surface area contributed by atoms with Crippen LogP contribution in [0.25, 0.3) is 11.0 Å². The van der Waals surface area contributed by atoms with Gasteiger partial charge in [-0.05, 0) is 54.7 Å². The fourth-order valence-electron chi connectivity index (χ4n) is 4.71. The van der Waals surface area contributed by atoms with Gasteiger partial charge in [-0.1, -0.05) is 24.3 Å². The Labute approximate surface area is 211 Å². The molecule has 2 aromatic heterocycles. The molecule has 0 amide bonds. The molecular formula is C27H34N8O. The zero-order valence-electron chi connectivity index (χ0n) is 21.2. The number of para-hydroxylation sites is 1. The number of aromatic nitrogens is 4. The Balaban J connectivity index is 1.31. The van der Waals surface area contributed by atoms with Crippen LogP contribution in [0.15, 0.2) is 42.6 Å². The van der Waals surface area contributed by atoms with E-state index in [2.05, 4.69) is 75.9 Å². The van der Waals surface area contributed by atoms with Gasteiger partial charge in [0.2, 0.25) is 5.95 Å². The number of aryl methyl sites for hydroxylation is 3. The second kappa shape index (κ2) is 10.6. The van der Waals surface area contributed by atoms with E-state index >= 15 is 0 Å². The minimum atomic E-state index is 0.548. The summed E-state index contributed by atoms with van der Waals surface area (Å²) in [6, 6.07) is 12.7. The highest BCUT2D eigenvalue weighted by Gasteiger charge is 2.17. The summed E-state index contributed by atoms with van der Waals surface area (Å²) < 4.78 is 7.35. The molecule has 9 nitrogen and oxygen atoms in total. The minimum Gasteiger partial charge on any atom is -0.379 e. The Bertz CT molecular complexity index is 1350. The van der Waals surface area contributed by atoms with Crippen molar-refractivity contribution in [3.05, 3.63) is 64.8 Å². The summed E-state index contributed by atoms with van der Waals surface area (Å²) in [5.41, 5.74) is 13.4. The number of fused-ring (bicyclic) bond motifs is 2. The summed E-state index contributed by atoms with van der Waals surface area (Å²) in [6.07, 6.45) is 2.87. The standard InChI is InChI=1S/C27H34N8O/c1-18-5-4-6-19(2)24(18)31-25-23-16-29-27(32-26(23)34(3)33-25)30-22-8-7-20-9-11-35(17-21(20)15-22)12-14-36-13-10-28/h4-8,15-16H,9-14,17,28H2,1-3H3,(H,31,33)(H,29,30,32). The Kier molecular flexibility index (Phi) is 7.13. The van der Waals surface area contributed by atoms with Gasteiger partial charge in [0.1, 0.15) is 0 Å². The van der Waals surface area contributed by atoms with Crippen molar-refractivity contribution in [1.29, 1.82) is 0 Å². The van der Waals surface area contributed by atoms with E-state index in [-0.39, 0.29) is 0 Å². The number of hydrogen-bond acceptors (Lipinski definition) is 8. The lowest BCUT2D eigenvalue weighted by Gasteiger charge is -2.29. The zero-order valence-corrected chi connectivity index (χ0v) is 21.2. The van der Waals surface area contributed by atoms with Crippen molar-refractivity contribution in [3.8, 4) is 0 Å². The second-order valence-corrected chi connectivity index (χ2v) is 9.33. The smallest absolute Gasteiger partial charge is 0.229 e. The molecular weight excluding hydrogens is 452 g/mol. The molecule has 2 aromatic carbocycles. The predicted molar refractivity (Wildman–Crippen MR) is 144 cm³/mol. The van der Waals surface area contributed by atoms with Crippen molar-refractivity contribution < 1.29 is 4.74 Å². The van der Waals surface area contributed by atoms with Gasteiger partial charge in [-0.3, -0.25) is 4.90 Å². The maximum absolute atomic E-state index is 5.56. The van der Waals surface area contributed by atoms with Gasteiger partial charge < -0.3 is 21.1 Å². The molecule has 1 aliphatic heterocycles. The quantitative estimate of drug-likeness (QED) is 0.307.